The van der Waals surface area contributed by atoms with Crippen LogP contribution < -0.4 is 0 Å². The average Bonchev–Trinajstić information content (AvgIpc) is 2.58. The highest BCUT2D eigenvalue weighted by molar-refractivity contribution is 5.77. The van der Waals surface area contributed by atoms with Crippen molar-refractivity contribution in [1.29, 1.82) is 0 Å². The SMILES string of the molecule is C=C(C)/C=N\C(=C)N1CCC(F)(F)C1.CC. The summed E-state index contributed by atoms with van der Waals surface area (Å²) >= 11 is 0. The third kappa shape index (κ3) is 5.05. The first kappa shape index (κ1) is 14.8. The first-order valence-corrected chi connectivity index (χ1v) is 5.42. The molecule has 0 aliphatic carbocycles. The third-order valence-corrected chi connectivity index (χ3v) is 1.97. The van der Waals surface area contributed by atoms with Gasteiger partial charge in [-0.05, 0) is 12.5 Å². The number of halogens is 2. The van der Waals surface area contributed by atoms with Crippen molar-refractivity contribution in [1.82, 2.24) is 4.90 Å². The summed E-state index contributed by atoms with van der Waals surface area (Å²) < 4.78 is 25.6. The van der Waals surface area contributed by atoms with Crippen LogP contribution >= 0.6 is 0 Å². The van der Waals surface area contributed by atoms with Gasteiger partial charge in [0.25, 0.3) is 5.92 Å². The molecule has 1 fully saturated rings. The molecule has 0 N–H and O–H groups in total. The lowest BCUT2D eigenvalue weighted by atomic mass is 10.3. The van der Waals surface area contributed by atoms with Gasteiger partial charge in [0, 0.05) is 19.2 Å². The Morgan fingerprint density at radius 3 is 2.31 bits per heavy atom. The van der Waals surface area contributed by atoms with E-state index >= 15 is 0 Å². The maximum absolute atomic E-state index is 12.8. The van der Waals surface area contributed by atoms with E-state index < -0.39 is 5.92 Å². The van der Waals surface area contributed by atoms with Crippen LogP contribution in [0.1, 0.15) is 27.2 Å². The minimum atomic E-state index is -2.60. The van der Waals surface area contributed by atoms with Crippen molar-refractivity contribution in [3.05, 3.63) is 24.6 Å². The minimum absolute atomic E-state index is 0.116. The summed E-state index contributed by atoms with van der Waals surface area (Å²) in [6.07, 6.45) is 1.41. The molecule has 1 aliphatic rings. The molecule has 0 atom stereocenters. The lowest BCUT2D eigenvalue weighted by molar-refractivity contribution is 0.0151. The molecule has 16 heavy (non-hydrogen) atoms. The molecule has 2 nitrogen and oxygen atoms in total. The van der Waals surface area contributed by atoms with Crippen molar-refractivity contribution < 1.29 is 8.78 Å². The number of nitrogens with zero attached hydrogens (tertiary/aromatic N) is 2. The summed E-state index contributed by atoms with van der Waals surface area (Å²) in [4.78, 5) is 5.43. The molecule has 0 unspecified atom stereocenters. The van der Waals surface area contributed by atoms with E-state index in [1.165, 1.54) is 11.1 Å². The van der Waals surface area contributed by atoms with Crippen molar-refractivity contribution in [2.75, 3.05) is 13.1 Å². The number of hydrogen-bond acceptors (Lipinski definition) is 2. The highest BCUT2D eigenvalue weighted by Crippen LogP contribution is 2.28. The van der Waals surface area contributed by atoms with E-state index in [0.29, 0.717) is 12.4 Å². The van der Waals surface area contributed by atoms with E-state index in [1.54, 1.807) is 6.92 Å². The van der Waals surface area contributed by atoms with Gasteiger partial charge in [-0.15, -0.1) is 0 Å². The Labute approximate surface area is 96.4 Å². The molecular weight excluding hydrogens is 210 g/mol. The Hall–Kier alpha value is -1.19. The number of alkyl halides is 2. The van der Waals surface area contributed by atoms with E-state index in [9.17, 15) is 8.78 Å². The zero-order valence-corrected chi connectivity index (χ0v) is 10.3. The number of hydrogen-bond donors (Lipinski definition) is 0. The average molecular weight is 230 g/mol. The van der Waals surface area contributed by atoms with Crippen LogP contribution in [-0.2, 0) is 0 Å². The molecular formula is C12H20F2N2. The molecule has 4 heteroatoms. The van der Waals surface area contributed by atoms with Gasteiger partial charge in [-0.2, -0.15) is 0 Å². The monoisotopic (exact) mass is 230 g/mol. The van der Waals surface area contributed by atoms with Crippen molar-refractivity contribution in [2.24, 2.45) is 4.99 Å². The molecule has 0 bridgehead atoms. The summed E-state index contributed by atoms with van der Waals surface area (Å²) in [6.45, 7) is 13.1. The van der Waals surface area contributed by atoms with E-state index in [-0.39, 0.29) is 13.0 Å². The minimum Gasteiger partial charge on any atom is -0.351 e. The van der Waals surface area contributed by atoms with Crippen LogP contribution in [0.15, 0.2) is 29.5 Å². The van der Waals surface area contributed by atoms with Gasteiger partial charge in [0.05, 0.1) is 6.54 Å². The predicted octanol–water partition coefficient (Wildman–Crippen LogP) is 3.47. The second-order valence-corrected chi connectivity index (χ2v) is 3.55. The second kappa shape index (κ2) is 6.40. The molecule has 1 heterocycles. The van der Waals surface area contributed by atoms with Crippen LogP contribution in [0.3, 0.4) is 0 Å². The maximum atomic E-state index is 12.8. The van der Waals surface area contributed by atoms with Gasteiger partial charge >= 0.3 is 0 Å². The molecule has 1 aliphatic heterocycles. The quantitative estimate of drug-likeness (QED) is 0.678. The fourth-order valence-corrected chi connectivity index (χ4v) is 1.22. The molecule has 0 saturated carbocycles. The fourth-order valence-electron chi connectivity index (χ4n) is 1.22. The van der Waals surface area contributed by atoms with Gasteiger partial charge < -0.3 is 4.90 Å². The highest BCUT2D eigenvalue weighted by Gasteiger charge is 2.38. The zero-order valence-electron chi connectivity index (χ0n) is 10.3. The molecule has 0 spiro atoms. The van der Waals surface area contributed by atoms with E-state index in [2.05, 4.69) is 18.2 Å². The van der Waals surface area contributed by atoms with E-state index in [0.717, 1.165) is 5.57 Å². The molecule has 0 aromatic carbocycles. The summed E-state index contributed by atoms with van der Waals surface area (Å²) in [6, 6.07) is 0. The fraction of sp³-hybridized carbons (Fsp3) is 0.583. The summed E-state index contributed by atoms with van der Waals surface area (Å²) in [5.41, 5.74) is 0.775. The normalized spacial score (nSPS) is 18.2. The predicted molar refractivity (Wildman–Crippen MR) is 64.9 cm³/mol. The van der Waals surface area contributed by atoms with Gasteiger partial charge in [0.15, 0.2) is 0 Å². The third-order valence-electron chi connectivity index (χ3n) is 1.97. The lowest BCUT2D eigenvalue weighted by Gasteiger charge is -2.16. The molecule has 0 radical (unpaired) electrons. The highest BCUT2D eigenvalue weighted by atomic mass is 19.3. The Morgan fingerprint density at radius 2 is 1.94 bits per heavy atom. The van der Waals surface area contributed by atoms with Crippen LogP contribution in [0.5, 0.6) is 0 Å². The van der Waals surface area contributed by atoms with Crippen molar-refractivity contribution in [2.45, 2.75) is 33.1 Å². The Kier molecular flexibility index (Phi) is 5.93. The molecule has 0 amide bonds. The number of rotatable bonds is 3. The van der Waals surface area contributed by atoms with Crippen LogP contribution in [0, 0.1) is 0 Å². The number of allylic oxidation sites excluding steroid dienone is 1. The van der Waals surface area contributed by atoms with Crippen molar-refractivity contribution in [3.8, 4) is 0 Å². The topological polar surface area (TPSA) is 15.6 Å². The van der Waals surface area contributed by atoms with Gasteiger partial charge in [-0.25, -0.2) is 13.8 Å². The first-order valence-electron chi connectivity index (χ1n) is 5.42. The van der Waals surface area contributed by atoms with Gasteiger partial charge in [0.2, 0.25) is 0 Å². The first-order chi connectivity index (χ1) is 7.41. The number of likely N-dealkylation sites (tertiary alicyclic amines) is 1. The van der Waals surface area contributed by atoms with Gasteiger partial charge in [-0.3, -0.25) is 0 Å². The Morgan fingerprint density at radius 1 is 1.38 bits per heavy atom. The molecule has 1 rings (SSSR count). The van der Waals surface area contributed by atoms with Gasteiger partial charge in [0.1, 0.15) is 5.82 Å². The standard InChI is InChI=1S/C10H14F2N2.C2H6/c1-8(2)6-13-9(3)14-5-4-10(11,12)7-14;1-2/h6H,1,3-5,7H2,2H3;1-2H3/b13-6-;. The van der Waals surface area contributed by atoms with Gasteiger partial charge in [-0.1, -0.05) is 27.0 Å². The van der Waals surface area contributed by atoms with E-state index in [1.807, 2.05) is 13.8 Å². The summed E-state index contributed by atoms with van der Waals surface area (Å²) in [5.74, 6) is -2.22. The second-order valence-electron chi connectivity index (χ2n) is 3.55. The van der Waals surface area contributed by atoms with Crippen LogP contribution in [0.2, 0.25) is 0 Å². The van der Waals surface area contributed by atoms with E-state index in [4.69, 9.17) is 0 Å². The largest absolute Gasteiger partial charge is 0.351 e. The number of aliphatic imine (C=N–C) groups is 1. The molecule has 92 valence electrons. The van der Waals surface area contributed by atoms with Crippen LogP contribution in [0.25, 0.3) is 0 Å². The lowest BCUT2D eigenvalue weighted by Crippen LogP contribution is -2.23. The molecule has 1 saturated heterocycles. The smallest absolute Gasteiger partial charge is 0.266 e. The Bertz CT molecular complexity index is 283. The molecule has 0 aromatic rings. The summed E-state index contributed by atoms with van der Waals surface area (Å²) in [5, 5.41) is 0. The zero-order chi connectivity index (χ0) is 12.8. The maximum Gasteiger partial charge on any atom is 0.266 e. The van der Waals surface area contributed by atoms with Crippen LogP contribution in [0.4, 0.5) is 8.78 Å². The van der Waals surface area contributed by atoms with Crippen molar-refractivity contribution >= 4 is 6.21 Å². The summed E-state index contributed by atoms with van der Waals surface area (Å²) in [7, 11) is 0. The Balaban J connectivity index is 0.00000106. The molecule has 0 aromatic heterocycles. The van der Waals surface area contributed by atoms with Crippen LogP contribution in [-0.4, -0.2) is 30.1 Å². The van der Waals surface area contributed by atoms with Crippen molar-refractivity contribution in [3.63, 3.8) is 0 Å².